The van der Waals surface area contributed by atoms with Crippen LogP contribution in [-0.4, -0.2) is 46.2 Å². The van der Waals surface area contributed by atoms with Crippen LogP contribution in [0.5, 0.6) is 0 Å². The lowest BCUT2D eigenvalue weighted by molar-refractivity contribution is -0.204. The van der Waals surface area contributed by atoms with Crippen LogP contribution in [0.25, 0.3) is 0 Å². The van der Waals surface area contributed by atoms with Gasteiger partial charge < -0.3 is 24.0 Å². The molecule has 48 heavy (non-hydrogen) atoms. The number of hydrogen-bond acceptors (Lipinski definition) is 6. The highest BCUT2D eigenvalue weighted by Crippen LogP contribution is 3.18. The van der Waals surface area contributed by atoms with Gasteiger partial charge in [0.1, 0.15) is 11.7 Å². The number of rotatable bonds is 13. The van der Waals surface area contributed by atoms with E-state index in [0.717, 1.165) is 11.1 Å². The van der Waals surface area contributed by atoms with Crippen LogP contribution in [0.3, 0.4) is 0 Å². The summed E-state index contributed by atoms with van der Waals surface area (Å²) in [6.45, 7) is 8.83. The molecular weight excluding hydrogens is 1040 g/mol. The SMILES string of the molecule is CC1=C2C(OP(P(P)P)P(PP)P(P)P)C(C)[C@]3(C)C(C)OC(=O)C3C(O)C(O)(CC1OP(P(P)P(P)P)P(P(P)P)P(P)P)C2(C)C. The normalized spacial score (nSPS) is 36.8. The molecule has 2 N–H and O–H groups in total. The molecule has 2 fully saturated rings. The Labute approximate surface area is 330 Å². The summed E-state index contributed by atoms with van der Waals surface area (Å²) in [5.41, 5.74) is -1.18. The zero-order valence-electron chi connectivity index (χ0n) is 27.6. The molecule has 3 aliphatic rings. The van der Waals surface area contributed by atoms with Crippen molar-refractivity contribution >= 4 is 192 Å². The Morgan fingerprint density at radius 1 is 0.854 bits per heavy atom. The predicted octanol–water partition coefficient (Wildman–Crippen LogP) is 14.9. The summed E-state index contributed by atoms with van der Waals surface area (Å²) >= 11 is 0. The Bertz CT molecular complexity index is 1170. The van der Waals surface area contributed by atoms with Gasteiger partial charge in [0.15, 0.2) is 0 Å². The predicted molar refractivity (Wildman–Crippen MR) is 282 cm³/mol. The number of ether oxygens (including phenoxy) is 1. The Hall–Kier alpha value is 8.94. The van der Waals surface area contributed by atoms with Gasteiger partial charge in [-0.25, -0.2) is 0 Å². The monoisotopic (exact) mass is 1090 g/mol. The highest BCUT2D eigenvalue weighted by atomic mass is 33.2. The maximum absolute atomic E-state index is 13.8. The first-order chi connectivity index (χ1) is 21.9. The van der Waals surface area contributed by atoms with E-state index in [-0.39, 0.29) is 19.3 Å². The van der Waals surface area contributed by atoms with Gasteiger partial charge in [0, 0.05) is 38.2 Å². The Kier molecular flexibility index (Phi) is 22.8. The maximum atomic E-state index is 13.8. The molecule has 1 heterocycles. The topological polar surface area (TPSA) is 85.2 Å². The summed E-state index contributed by atoms with van der Waals surface area (Å²) < 4.78 is 21.0. The van der Waals surface area contributed by atoms with E-state index in [0.29, 0.717) is 7.96 Å². The van der Waals surface area contributed by atoms with Gasteiger partial charge in [0.05, 0.1) is 39.3 Å². The summed E-state index contributed by atoms with van der Waals surface area (Å²) in [7, 11) is 35.7. The van der Waals surface area contributed by atoms with Crippen LogP contribution < -0.4 is 0 Å². The molecule has 2 aliphatic carbocycles. The summed E-state index contributed by atoms with van der Waals surface area (Å²) in [5, 5.41) is 25.6. The average Bonchev–Trinajstić information content (AvgIpc) is 3.19. The van der Waals surface area contributed by atoms with Crippen LogP contribution in [0.15, 0.2) is 11.1 Å². The van der Waals surface area contributed by atoms with E-state index >= 15 is 0 Å². The molecule has 0 amide bonds. The molecule has 29 heteroatoms. The van der Waals surface area contributed by atoms with E-state index in [1.807, 2.05) is 20.8 Å². The third-order valence-electron chi connectivity index (χ3n) is 9.88. The van der Waals surface area contributed by atoms with E-state index in [1.54, 1.807) is 0 Å². The smallest absolute Gasteiger partial charge is 0.312 e. The van der Waals surface area contributed by atoms with Crippen molar-refractivity contribution in [3.63, 3.8) is 0 Å². The van der Waals surface area contributed by atoms with E-state index < -0.39 is 117 Å². The minimum Gasteiger partial charge on any atom is -0.462 e. The van der Waals surface area contributed by atoms with Crippen LogP contribution in [0, 0.1) is 22.7 Å². The summed E-state index contributed by atoms with van der Waals surface area (Å²) in [5.74, 6) is -1.51. The van der Waals surface area contributed by atoms with Crippen molar-refractivity contribution in [3.05, 3.63) is 11.1 Å². The number of carbonyl (C=O) groups excluding carboxylic acids is 1. The molecule has 280 valence electrons. The largest absolute Gasteiger partial charge is 0.462 e. The van der Waals surface area contributed by atoms with Gasteiger partial charge in [-0.2, -0.15) is 0 Å². The molecule has 0 aromatic carbocycles. The van der Waals surface area contributed by atoms with Crippen molar-refractivity contribution in [1.29, 1.82) is 0 Å². The highest BCUT2D eigenvalue weighted by molar-refractivity contribution is 9.19. The minimum atomic E-state index is -1.65. The number of aliphatic hydroxyl groups is 2. The standard InChI is InChI=1S/C19H53O6P23/c1-8-11(24-40(46(37)42(29)30)48(44(33)34)45(35)36)7-19(22)15(20)13-16(21)23-10(3)18(13,6)9(2)14(12(8)17(19,4)5)25-39(41(27)28)47(38-26)43(31)32/h9-11,13-15,20,22,38H,7,26-37H2,1-6H3/t9?,10?,11?,13?,14?,15?,18-,19?,39?,40?,46?,47?/m1/s1. The lowest BCUT2D eigenvalue weighted by Gasteiger charge is -2.60. The first kappa shape index (κ1) is 51.3. The lowest BCUT2D eigenvalue weighted by atomic mass is 9.49. The summed E-state index contributed by atoms with van der Waals surface area (Å²) in [6.07, 6.45) is -2.38. The summed E-state index contributed by atoms with van der Waals surface area (Å²) in [4.78, 5) is 13.8. The van der Waals surface area contributed by atoms with Crippen LogP contribution in [0.4, 0.5) is 0 Å². The molecule has 0 radical (unpaired) electrons. The molecule has 3 rings (SSSR count). The molecule has 25 atom stereocenters. The van der Waals surface area contributed by atoms with Crippen LogP contribution >= 0.6 is 186 Å². The van der Waals surface area contributed by atoms with Crippen molar-refractivity contribution < 1.29 is 28.8 Å². The number of aliphatic hydroxyl groups excluding tert-OH is 1. The van der Waals surface area contributed by atoms with Crippen LogP contribution in [0.1, 0.15) is 48.0 Å². The van der Waals surface area contributed by atoms with Gasteiger partial charge in [-0.3, -0.25) is 4.79 Å². The fourth-order valence-electron chi connectivity index (χ4n) is 6.95. The summed E-state index contributed by atoms with van der Waals surface area (Å²) in [6, 6.07) is 0. The number of cyclic esters (lactones) is 1. The maximum Gasteiger partial charge on any atom is 0.312 e. The molecular formula is C19H53O6P23. The molecule has 2 bridgehead atoms. The zero-order chi connectivity index (χ0) is 37.0. The van der Waals surface area contributed by atoms with E-state index in [9.17, 15) is 15.0 Å². The molecule has 1 aliphatic heterocycles. The number of carbonyl (C=O) groups is 1. The number of fused-ring (bicyclic) bond motifs is 3. The second kappa shape index (κ2) is 21.3. The highest BCUT2D eigenvalue weighted by Gasteiger charge is 2.70. The number of esters is 1. The third kappa shape index (κ3) is 10.6. The zero-order valence-corrected chi connectivity index (χ0v) is 51.4. The van der Waals surface area contributed by atoms with Gasteiger partial charge in [0.25, 0.3) is 0 Å². The molecule has 0 aromatic heterocycles. The Balaban J connectivity index is 2.39. The van der Waals surface area contributed by atoms with E-state index in [1.165, 1.54) is 0 Å². The molecule has 24 unspecified atom stereocenters. The Morgan fingerprint density at radius 3 is 1.83 bits per heavy atom. The van der Waals surface area contributed by atoms with Gasteiger partial charge in [-0.1, -0.05) is 44.6 Å². The quantitative estimate of drug-likeness (QED) is 0.109. The van der Waals surface area contributed by atoms with Crippen LogP contribution in [-0.2, 0) is 18.6 Å². The van der Waals surface area contributed by atoms with E-state index in [2.05, 4.69) is 128 Å². The fraction of sp³-hybridized carbons (Fsp3) is 0.842. The van der Waals surface area contributed by atoms with Gasteiger partial charge in [-0.05, 0) is 65.8 Å². The van der Waals surface area contributed by atoms with Gasteiger partial charge in [-0.15, -0.1) is 98.2 Å². The number of hydrogen-bond donors (Lipinski definition) is 2. The van der Waals surface area contributed by atoms with Crippen molar-refractivity contribution in [2.24, 2.45) is 22.7 Å². The first-order valence-corrected chi connectivity index (χ1v) is 54.6. The molecule has 6 nitrogen and oxygen atoms in total. The lowest BCUT2D eigenvalue weighted by Crippen LogP contribution is -2.68. The van der Waals surface area contributed by atoms with Gasteiger partial charge >= 0.3 is 5.97 Å². The third-order valence-corrected chi connectivity index (χ3v) is 128. The molecule has 0 spiro atoms. The Morgan fingerprint density at radius 2 is 1.40 bits per heavy atom. The second-order valence-corrected chi connectivity index (χ2v) is 95.8. The van der Waals surface area contributed by atoms with Crippen LogP contribution in [0.2, 0.25) is 0 Å². The first-order valence-electron chi connectivity index (χ1n) is 14.3. The molecule has 0 aromatic rings. The van der Waals surface area contributed by atoms with Crippen molar-refractivity contribution in [1.82, 2.24) is 0 Å². The fourth-order valence-corrected chi connectivity index (χ4v) is 169. The molecule has 1 saturated carbocycles. The van der Waals surface area contributed by atoms with E-state index in [4.69, 9.17) is 13.8 Å². The second-order valence-electron chi connectivity index (χ2n) is 12.5. The van der Waals surface area contributed by atoms with Crippen molar-refractivity contribution in [3.8, 4) is 0 Å². The average molecular weight is 1090 g/mol. The minimum absolute atomic E-state index is 0.186. The van der Waals surface area contributed by atoms with Crippen molar-refractivity contribution in [2.75, 3.05) is 0 Å². The van der Waals surface area contributed by atoms with Crippen molar-refractivity contribution in [2.45, 2.75) is 78.0 Å². The van der Waals surface area contributed by atoms with Gasteiger partial charge in [0.2, 0.25) is 0 Å². The molecule has 1 saturated heterocycles.